The lowest BCUT2D eigenvalue weighted by molar-refractivity contribution is -0.274. The summed E-state index contributed by atoms with van der Waals surface area (Å²) in [5.41, 5.74) is 1.73. The molecule has 0 radical (unpaired) electrons. The van der Waals surface area contributed by atoms with E-state index >= 15 is 0 Å². The van der Waals surface area contributed by atoms with E-state index < -0.39 is 6.36 Å². The van der Waals surface area contributed by atoms with Gasteiger partial charge in [-0.2, -0.15) is 5.10 Å². The van der Waals surface area contributed by atoms with Crippen LogP contribution in [-0.4, -0.2) is 30.3 Å². The summed E-state index contributed by atoms with van der Waals surface area (Å²) in [6, 6.07) is 5.64. The molecule has 0 fully saturated rings. The molecule has 1 N–H and O–H groups in total. The summed E-state index contributed by atoms with van der Waals surface area (Å²) in [6.07, 6.45) is -3.86. The Labute approximate surface area is 108 Å². The summed E-state index contributed by atoms with van der Waals surface area (Å²) in [5.74, 6) is -0.231. The molecule has 7 heteroatoms. The topological polar surface area (TPSA) is 36.9 Å². The van der Waals surface area contributed by atoms with Crippen molar-refractivity contribution in [3.8, 4) is 5.75 Å². The average Bonchev–Trinajstić information content (AvgIpc) is 2.58. The number of rotatable bonds is 3. The summed E-state index contributed by atoms with van der Waals surface area (Å²) in [4.78, 5) is 0. The molecule has 4 nitrogen and oxygen atoms in total. The highest BCUT2D eigenvalue weighted by Crippen LogP contribution is 2.25. The zero-order chi connectivity index (χ0) is 14.0. The van der Waals surface area contributed by atoms with Crippen molar-refractivity contribution in [2.24, 2.45) is 5.10 Å². The summed E-state index contributed by atoms with van der Waals surface area (Å²) < 4.78 is 39.8. The summed E-state index contributed by atoms with van der Waals surface area (Å²) in [7, 11) is 1.84. The van der Waals surface area contributed by atoms with Crippen molar-refractivity contribution >= 4 is 11.4 Å². The number of hydrazone groups is 1. The third-order valence-corrected chi connectivity index (χ3v) is 2.69. The Morgan fingerprint density at radius 2 is 1.95 bits per heavy atom. The van der Waals surface area contributed by atoms with Gasteiger partial charge in [-0.15, -0.1) is 13.2 Å². The van der Waals surface area contributed by atoms with E-state index in [-0.39, 0.29) is 11.9 Å². The van der Waals surface area contributed by atoms with Crippen LogP contribution in [0.4, 0.5) is 18.9 Å². The Morgan fingerprint density at radius 1 is 1.32 bits per heavy atom. The number of alkyl halides is 3. The number of halogens is 3. The van der Waals surface area contributed by atoms with E-state index in [4.69, 9.17) is 0 Å². The van der Waals surface area contributed by atoms with Crippen molar-refractivity contribution in [2.75, 3.05) is 12.4 Å². The Bertz CT molecular complexity index is 470. The van der Waals surface area contributed by atoms with E-state index in [1.807, 2.05) is 14.0 Å². The van der Waals surface area contributed by atoms with Crippen molar-refractivity contribution < 1.29 is 17.9 Å². The molecule has 1 aromatic carbocycles. The van der Waals surface area contributed by atoms with Crippen LogP contribution in [0.15, 0.2) is 29.4 Å². The number of nitrogens with one attached hydrogen (secondary N) is 1. The molecule has 19 heavy (non-hydrogen) atoms. The van der Waals surface area contributed by atoms with Crippen LogP contribution >= 0.6 is 0 Å². The maximum absolute atomic E-state index is 12.0. The van der Waals surface area contributed by atoms with Gasteiger partial charge < -0.3 is 10.1 Å². The van der Waals surface area contributed by atoms with Crippen molar-refractivity contribution in [3.05, 3.63) is 24.3 Å². The Hall–Kier alpha value is -1.92. The first-order valence-electron chi connectivity index (χ1n) is 5.73. The number of hydrogen-bond acceptors (Lipinski definition) is 4. The van der Waals surface area contributed by atoms with Crippen molar-refractivity contribution in [2.45, 2.75) is 25.9 Å². The fourth-order valence-electron chi connectivity index (χ4n) is 1.88. The minimum Gasteiger partial charge on any atom is -0.406 e. The molecule has 1 atom stereocenters. The van der Waals surface area contributed by atoms with Crippen LogP contribution in [0.3, 0.4) is 0 Å². The van der Waals surface area contributed by atoms with Crippen LogP contribution in [-0.2, 0) is 0 Å². The van der Waals surface area contributed by atoms with Gasteiger partial charge in [-0.3, -0.25) is 5.01 Å². The second kappa shape index (κ2) is 4.99. The van der Waals surface area contributed by atoms with Crippen molar-refractivity contribution in [1.29, 1.82) is 0 Å². The second-order valence-electron chi connectivity index (χ2n) is 4.35. The molecule has 104 valence electrons. The molecule has 0 saturated heterocycles. The van der Waals surface area contributed by atoms with Gasteiger partial charge in [-0.1, -0.05) is 0 Å². The van der Waals surface area contributed by atoms with E-state index in [0.717, 1.165) is 17.8 Å². The maximum Gasteiger partial charge on any atom is 0.573 e. The molecule has 1 unspecified atom stereocenters. The standard InChI is InChI=1S/C12H14F3N3O/c1-8-7-11(18(2)17-8)16-9-3-5-10(6-4-9)19-12(13,14)15/h3-6,11,16H,7H2,1-2H3. The Morgan fingerprint density at radius 3 is 2.42 bits per heavy atom. The lowest BCUT2D eigenvalue weighted by Gasteiger charge is -2.21. The first-order valence-corrected chi connectivity index (χ1v) is 5.73. The van der Waals surface area contributed by atoms with E-state index in [1.165, 1.54) is 12.1 Å². The largest absolute Gasteiger partial charge is 0.573 e. The first kappa shape index (κ1) is 13.5. The van der Waals surface area contributed by atoms with Crippen LogP contribution in [0.5, 0.6) is 5.75 Å². The highest BCUT2D eigenvalue weighted by atomic mass is 19.4. The van der Waals surface area contributed by atoms with Gasteiger partial charge in [0.2, 0.25) is 0 Å². The van der Waals surface area contributed by atoms with Gasteiger partial charge in [-0.25, -0.2) is 0 Å². The molecule has 2 rings (SSSR count). The van der Waals surface area contributed by atoms with Gasteiger partial charge in [0, 0.05) is 24.9 Å². The predicted molar refractivity (Wildman–Crippen MR) is 66.0 cm³/mol. The van der Waals surface area contributed by atoms with Gasteiger partial charge in [-0.05, 0) is 31.2 Å². The number of ether oxygens (including phenoxy) is 1. The zero-order valence-electron chi connectivity index (χ0n) is 10.5. The average molecular weight is 273 g/mol. The zero-order valence-corrected chi connectivity index (χ0v) is 10.5. The molecule has 0 aliphatic carbocycles. The fraction of sp³-hybridized carbons (Fsp3) is 0.417. The van der Waals surface area contributed by atoms with Crippen LogP contribution < -0.4 is 10.1 Å². The minimum absolute atomic E-state index is 0.0226. The number of hydrogen-bond donors (Lipinski definition) is 1. The molecule has 0 aromatic heterocycles. The quantitative estimate of drug-likeness (QED) is 0.919. The van der Waals surface area contributed by atoms with E-state index in [2.05, 4.69) is 15.2 Å². The molecule has 0 spiro atoms. The summed E-state index contributed by atoms with van der Waals surface area (Å²) >= 11 is 0. The third kappa shape index (κ3) is 3.77. The molecule has 1 aliphatic rings. The number of nitrogens with zero attached hydrogens (tertiary/aromatic N) is 2. The van der Waals surface area contributed by atoms with Gasteiger partial charge in [0.15, 0.2) is 0 Å². The predicted octanol–water partition coefficient (Wildman–Crippen LogP) is 3.03. The van der Waals surface area contributed by atoms with E-state index in [0.29, 0.717) is 0 Å². The number of benzene rings is 1. The van der Waals surface area contributed by atoms with E-state index in [1.54, 1.807) is 17.1 Å². The van der Waals surface area contributed by atoms with Gasteiger partial charge in [0.05, 0.1) is 0 Å². The molecular weight excluding hydrogens is 259 g/mol. The maximum atomic E-state index is 12.0. The normalized spacial score (nSPS) is 19.3. The van der Waals surface area contributed by atoms with Gasteiger partial charge >= 0.3 is 6.36 Å². The smallest absolute Gasteiger partial charge is 0.406 e. The Kier molecular flexibility index (Phi) is 3.55. The second-order valence-corrected chi connectivity index (χ2v) is 4.35. The molecule has 1 aliphatic heterocycles. The molecule has 0 bridgehead atoms. The van der Waals surface area contributed by atoms with Crippen LogP contribution in [0.1, 0.15) is 13.3 Å². The fourth-order valence-corrected chi connectivity index (χ4v) is 1.88. The van der Waals surface area contributed by atoms with Crippen molar-refractivity contribution in [3.63, 3.8) is 0 Å². The van der Waals surface area contributed by atoms with Gasteiger partial charge in [0.1, 0.15) is 11.9 Å². The lowest BCUT2D eigenvalue weighted by atomic mass is 10.2. The third-order valence-electron chi connectivity index (χ3n) is 2.69. The molecule has 0 saturated carbocycles. The van der Waals surface area contributed by atoms with Crippen LogP contribution in [0.2, 0.25) is 0 Å². The van der Waals surface area contributed by atoms with Gasteiger partial charge in [0.25, 0.3) is 0 Å². The molecule has 1 heterocycles. The highest BCUT2D eigenvalue weighted by molar-refractivity contribution is 5.84. The Balaban J connectivity index is 1.96. The van der Waals surface area contributed by atoms with Crippen LogP contribution in [0, 0.1) is 0 Å². The molecule has 0 amide bonds. The number of anilines is 1. The summed E-state index contributed by atoms with van der Waals surface area (Å²) in [5, 5.41) is 9.22. The monoisotopic (exact) mass is 273 g/mol. The SMILES string of the molecule is CC1=NN(C)C(Nc2ccc(OC(F)(F)F)cc2)C1. The highest BCUT2D eigenvalue weighted by Gasteiger charge is 2.31. The lowest BCUT2D eigenvalue weighted by Crippen LogP contribution is -2.30. The van der Waals surface area contributed by atoms with Crippen molar-refractivity contribution in [1.82, 2.24) is 5.01 Å². The first-order chi connectivity index (χ1) is 8.83. The molecular formula is C12H14F3N3O. The van der Waals surface area contributed by atoms with E-state index in [9.17, 15) is 13.2 Å². The molecule has 1 aromatic rings. The minimum atomic E-state index is -4.66. The summed E-state index contributed by atoms with van der Waals surface area (Å²) in [6.45, 7) is 1.93. The van der Waals surface area contributed by atoms with Crippen LogP contribution in [0.25, 0.3) is 0 Å².